The zero-order chi connectivity index (χ0) is 26.4. The molecule has 0 saturated carbocycles. The Labute approximate surface area is 216 Å². The van der Waals surface area contributed by atoms with Crippen LogP contribution in [-0.4, -0.2) is 36.4 Å². The van der Waals surface area contributed by atoms with Crippen molar-refractivity contribution in [2.24, 2.45) is 0 Å². The summed E-state index contributed by atoms with van der Waals surface area (Å²) >= 11 is 0. The van der Waals surface area contributed by atoms with Crippen LogP contribution in [0.2, 0.25) is 0 Å². The van der Waals surface area contributed by atoms with Crippen molar-refractivity contribution in [3.63, 3.8) is 0 Å². The van der Waals surface area contributed by atoms with Gasteiger partial charge in [-0.2, -0.15) is 0 Å². The minimum atomic E-state index is -1.03. The molecule has 2 amide bonds. The van der Waals surface area contributed by atoms with Crippen molar-refractivity contribution in [1.29, 1.82) is 0 Å². The molecule has 3 atom stereocenters. The number of anilines is 1. The van der Waals surface area contributed by atoms with Crippen molar-refractivity contribution in [1.82, 2.24) is 10.6 Å². The summed E-state index contributed by atoms with van der Waals surface area (Å²) in [6.45, 7) is 4.96. The van der Waals surface area contributed by atoms with Crippen LogP contribution < -0.4 is 20.7 Å². The van der Waals surface area contributed by atoms with Crippen LogP contribution in [0.3, 0.4) is 0 Å². The molecule has 1 aliphatic heterocycles. The minimum absolute atomic E-state index is 0.0393. The summed E-state index contributed by atoms with van der Waals surface area (Å²) in [5, 5.41) is 20.0. The predicted molar refractivity (Wildman–Crippen MR) is 140 cm³/mol. The zero-order valence-electron chi connectivity index (χ0n) is 21.0. The lowest BCUT2D eigenvalue weighted by Crippen LogP contribution is -2.50. The summed E-state index contributed by atoms with van der Waals surface area (Å²) in [6.07, 6.45) is -0.266. The van der Waals surface area contributed by atoms with Gasteiger partial charge in [0.15, 0.2) is 0 Å². The van der Waals surface area contributed by atoms with Gasteiger partial charge < -0.3 is 25.8 Å². The molecule has 37 heavy (non-hydrogen) atoms. The number of fused-ring (bicyclic) bond motifs is 1. The van der Waals surface area contributed by atoms with Gasteiger partial charge in [-0.1, -0.05) is 44.2 Å². The summed E-state index contributed by atoms with van der Waals surface area (Å²) in [6, 6.07) is 16.9. The lowest BCUT2D eigenvalue weighted by Gasteiger charge is -2.30. The summed E-state index contributed by atoms with van der Waals surface area (Å²) in [7, 11) is 0. The second-order valence-electron chi connectivity index (χ2n) is 9.67. The summed E-state index contributed by atoms with van der Waals surface area (Å²) in [5.74, 6) is -0.249. The fraction of sp³-hybridized carbons (Fsp3) is 0.345. The molecule has 4 N–H and O–H groups in total. The third kappa shape index (κ3) is 7.27. The Kier molecular flexibility index (Phi) is 8.74. The van der Waals surface area contributed by atoms with Crippen molar-refractivity contribution >= 4 is 11.7 Å². The number of hydrogen-bond donors (Lipinski definition) is 4. The van der Waals surface area contributed by atoms with Crippen molar-refractivity contribution in [2.75, 3.05) is 18.5 Å². The minimum Gasteiger partial charge on any atom is -0.493 e. The average molecular weight is 510 g/mol. The van der Waals surface area contributed by atoms with Crippen molar-refractivity contribution in [3.8, 4) is 5.75 Å². The number of ether oxygens (including phenoxy) is 1. The maximum Gasteiger partial charge on any atom is 0.319 e. The molecule has 3 aromatic carbocycles. The van der Waals surface area contributed by atoms with Gasteiger partial charge in [0.1, 0.15) is 17.4 Å². The Morgan fingerprint density at radius 3 is 2.49 bits per heavy atom. The zero-order valence-corrected chi connectivity index (χ0v) is 21.0. The van der Waals surface area contributed by atoms with Crippen LogP contribution >= 0.6 is 0 Å². The molecule has 4 rings (SSSR count). The highest BCUT2D eigenvalue weighted by Crippen LogP contribution is 2.34. The molecule has 1 unspecified atom stereocenters. The number of amides is 2. The maximum absolute atomic E-state index is 13.8. The number of aliphatic hydroxyl groups is 1. The van der Waals surface area contributed by atoms with Gasteiger partial charge in [-0.3, -0.25) is 0 Å². The average Bonchev–Trinajstić information content (AvgIpc) is 2.86. The van der Waals surface area contributed by atoms with E-state index in [1.54, 1.807) is 24.3 Å². The molecular weight excluding hydrogens is 476 g/mol. The first-order valence-electron chi connectivity index (χ1n) is 12.5. The van der Waals surface area contributed by atoms with Gasteiger partial charge in [-0.25, -0.2) is 13.6 Å². The number of aliphatic hydroxyl groups excluding tert-OH is 1. The number of nitrogens with one attached hydrogen (secondary N) is 3. The van der Waals surface area contributed by atoms with Crippen molar-refractivity contribution in [3.05, 3.63) is 95.1 Å². The monoisotopic (exact) mass is 509 g/mol. The van der Waals surface area contributed by atoms with E-state index in [2.05, 4.69) is 41.9 Å². The van der Waals surface area contributed by atoms with Crippen LogP contribution in [0.15, 0.2) is 66.7 Å². The molecule has 0 radical (unpaired) electrons. The highest BCUT2D eigenvalue weighted by Gasteiger charge is 2.26. The van der Waals surface area contributed by atoms with E-state index in [1.165, 1.54) is 17.7 Å². The van der Waals surface area contributed by atoms with E-state index in [1.807, 2.05) is 12.1 Å². The van der Waals surface area contributed by atoms with Crippen molar-refractivity contribution in [2.45, 2.75) is 50.8 Å². The van der Waals surface area contributed by atoms with Gasteiger partial charge in [0, 0.05) is 36.3 Å². The molecule has 0 aliphatic carbocycles. The normalized spacial score (nSPS) is 16.4. The molecule has 8 heteroatoms. The molecular formula is C29H33F2N3O3. The number of urea groups is 1. The van der Waals surface area contributed by atoms with Crippen LogP contribution in [0.25, 0.3) is 0 Å². The molecule has 0 spiro atoms. The van der Waals surface area contributed by atoms with E-state index >= 15 is 0 Å². The molecule has 196 valence electrons. The Morgan fingerprint density at radius 2 is 1.78 bits per heavy atom. The number of hydrogen-bond acceptors (Lipinski definition) is 4. The molecule has 6 nitrogen and oxygen atoms in total. The second kappa shape index (κ2) is 12.2. The largest absolute Gasteiger partial charge is 0.493 e. The standard InChI is InChI=1S/C29H33F2N3O3/c1-18(2)20-8-9-28-24(15-20)25(10-11-37-28)32-17-27(35)26(14-19-12-21(30)16-22(31)13-19)34-29(36)33-23-6-4-3-5-7-23/h3-9,12-13,15-16,18,25-27,32,35H,10-11,14,17H2,1-2H3,(H2,33,34,36)/t25?,26-,27+/m0/s1. The lowest BCUT2D eigenvalue weighted by molar-refractivity contribution is 0.121. The summed E-state index contributed by atoms with van der Waals surface area (Å²) < 4.78 is 33.5. The molecule has 3 aromatic rings. The number of carbonyl (C=O) groups excluding carboxylic acids is 1. The fourth-order valence-corrected chi connectivity index (χ4v) is 4.51. The van der Waals surface area contributed by atoms with E-state index in [9.17, 15) is 18.7 Å². The Hall–Kier alpha value is -3.49. The van der Waals surface area contributed by atoms with Gasteiger partial charge in [-0.15, -0.1) is 0 Å². The van der Waals surface area contributed by atoms with Gasteiger partial charge in [0.25, 0.3) is 0 Å². The van der Waals surface area contributed by atoms with Crippen molar-refractivity contribution < 1.29 is 23.4 Å². The van der Waals surface area contributed by atoms with Gasteiger partial charge in [0.05, 0.1) is 18.8 Å². The summed E-state index contributed by atoms with van der Waals surface area (Å²) in [4.78, 5) is 12.7. The van der Waals surface area contributed by atoms with Crippen LogP contribution in [0.1, 0.15) is 48.9 Å². The van der Waals surface area contributed by atoms with Crippen LogP contribution in [0, 0.1) is 11.6 Å². The van der Waals surface area contributed by atoms with Crippen LogP contribution in [0.5, 0.6) is 5.75 Å². The number of benzene rings is 3. The third-order valence-electron chi connectivity index (χ3n) is 6.50. The first-order chi connectivity index (χ1) is 17.8. The predicted octanol–water partition coefficient (Wildman–Crippen LogP) is 5.30. The number of para-hydroxylation sites is 1. The summed E-state index contributed by atoms with van der Waals surface area (Å²) in [5.41, 5.74) is 3.15. The quantitative estimate of drug-likeness (QED) is 0.316. The molecule has 0 saturated heterocycles. The van der Waals surface area contributed by atoms with E-state index in [0.717, 1.165) is 23.8 Å². The highest BCUT2D eigenvalue weighted by atomic mass is 19.1. The molecule has 1 aliphatic rings. The van der Waals surface area contributed by atoms with Crippen LogP contribution in [-0.2, 0) is 6.42 Å². The first kappa shape index (κ1) is 26.6. The Morgan fingerprint density at radius 1 is 1.05 bits per heavy atom. The van der Waals surface area contributed by atoms with Gasteiger partial charge >= 0.3 is 6.03 Å². The number of rotatable bonds is 9. The lowest BCUT2D eigenvalue weighted by atomic mass is 9.94. The second-order valence-corrected chi connectivity index (χ2v) is 9.67. The first-order valence-corrected chi connectivity index (χ1v) is 12.5. The molecule has 0 fully saturated rings. The van der Waals surface area contributed by atoms with E-state index in [4.69, 9.17) is 4.74 Å². The molecule has 1 heterocycles. The third-order valence-corrected chi connectivity index (χ3v) is 6.50. The van der Waals surface area contributed by atoms with Gasteiger partial charge in [-0.05, 0) is 53.8 Å². The Bertz CT molecular complexity index is 1190. The number of halogens is 2. The van der Waals surface area contributed by atoms with Crippen LogP contribution in [0.4, 0.5) is 19.3 Å². The fourth-order valence-electron chi connectivity index (χ4n) is 4.51. The smallest absolute Gasteiger partial charge is 0.319 e. The molecule has 0 bridgehead atoms. The maximum atomic E-state index is 13.8. The topological polar surface area (TPSA) is 82.6 Å². The highest BCUT2D eigenvalue weighted by molar-refractivity contribution is 5.89. The van der Waals surface area contributed by atoms with E-state index in [-0.39, 0.29) is 19.0 Å². The number of carbonyl (C=O) groups is 1. The van der Waals surface area contributed by atoms with E-state index < -0.39 is 29.8 Å². The molecule has 0 aromatic heterocycles. The Balaban J connectivity index is 1.48. The SMILES string of the molecule is CC(C)c1ccc2c(c1)C(NC[C@@H](O)[C@H](Cc1cc(F)cc(F)c1)NC(=O)Nc1ccccc1)CCO2. The van der Waals surface area contributed by atoms with Gasteiger partial charge in [0.2, 0.25) is 0 Å². The van der Waals surface area contributed by atoms with E-state index in [0.29, 0.717) is 23.8 Å².